The van der Waals surface area contributed by atoms with Gasteiger partial charge >= 0.3 is 0 Å². The van der Waals surface area contributed by atoms with Crippen LogP contribution in [-0.4, -0.2) is 5.78 Å². The molecule has 0 aliphatic heterocycles. The molecule has 0 spiro atoms. The molecule has 0 amide bonds. The van der Waals surface area contributed by atoms with Crippen LogP contribution in [0.3, 0.4) is 0 Å². The normalized spacial score (nSPS) is 10.5. The summed E-state index contributed by atoms with van der Waals surface area (Å²) in [6.45, 7) is 1.89. The van der Waals surface area contributed by atoms with E-state index in [-0.39, 0.29) is 17.2 Å². The molecule has 0 heterocycles. The quantitative estimate of drug-likeness (QED) is 0.685. The molecule has 0 aromatic heterocycles. The third-order valence-corrected chi connectivity index (χ3v) is 3.15. The lowest BCUT2D eigenvalue weighted by Crippen LogP contribution is -2.07. The summed E-state index contributed by atoms with van der Waals surface area (Å²) >= 11 is 5.69. The second-order valence-corrected chi connectivity index (χ2v) is 4.85. The van der Waals surface area contributed by atoms with Gasteiger partial charge in [-0.15, -0.1) is 0 Å². The number of rotatable bonds is 3. The Bertz CT molecular complexity index is 640. The van der Waals surface area contributed by atoms with Crippen LogP contribution in [-0.2, 0) is 6.42 Å². The average Bonchev–Trinajstić information content (AvgIpc) is 2.36. The highest BCUT2D eigenvalue weighted by molar-refractivity contribution is 6.30. The van der Waals surface area contributed by atoms with Gasteiger partial charge in [-0.2, -0.15) is 0 Å². The van der Waals surface area contributed by atoms with Crippen molar-refractivity contribution in [1.82, 2.24) is 0 Å². The number of hydrogen-bond acceptors (Lipinski definition) is 2. The number of ketones is 1. The standard InChI is InChI=1S/C15H13ClFNO/c1-9-2-5-14(18)11(6-9)15(19)8-10-3-4-13(17)12(16)7-10/h2-7H,8,18H2,1H3. The number of benzene rings is 2. The molecule has 4 heteroatoms. The van der Waals surface area contributed by atoms with E-state index in [9.17, 15) is 9.18 Å². The Morgan fingerprint density at radius 3 is 2.68 bits per heavy atom. The van der Waals surface area contributed by atoms with Gasteiger partial charge in [-0.25, -0.2) is 4.39 Å². The minimum atomic E-state index is -0.493. The molecule has 0 fully saturated rings. The number of hydrogen-bond donors (Lipinski definition) is 1. The number of aryl methyl sites for hydroxylation is 1. The van der Waals surface area contributed by atoms with Crippen LogP contribution in [0, 0.1) is 12.7 Å². The Balaban J connectivity index is 2.25. The van der Waals surface area contributed by atoms with Crippen molar-refractivity contribution in [3.05, 3.63) is 63.9 Å². The van der Waals surface area contributed by atoms with Gasteiger partial charge in [-0.3, -0.25) is 4.79 Å². The zero-order valence-corrected chi connectivity index (χ0v) is 11.2. The van der Waals surface area contributed by atoms with Gasteiger partial charge in [-0.05, 0) is 36.8 Å². The first-order chi connectivity index (χ1) is 8.97. The predicted molar refractivity (Wildman–Crippen MR) is 75.0 cm³/mol. The molecule has 98 valence electrons. The highest BCUT2D eigenvalue weighted by atomic mass is 35.5. The number of carbonyl (C=O) groups excluding carboxylic acids is 1. The van der Waals surface area contributed by atoms with E-state index in [4.69, 9.17) is 17.3 Å². The fourth-order valence-corrected chi connectivity index (χ4v) is 2.04. The van der Waals surface area contributed by atoms with Crippen LogP contribution in [0.25, 0.3) is 0 Å². The molecule has 0 radical (unpaired) electrons. The van der Waals surface area contributed by atoms with E-state index >= 15 is 0 Å². The number of anilines is 1. The van der Waals surface area contributed by atoms with Gasteiger partial charge in [-0.1, -0.05) is 29.3 Å². The Hall–Kier alpha value is -1.87. The van der Waals surface area contributed by atoms with Gasteiger partial charge in [0.05, 0.1) is 5.02 Å². The molecule has 2 rings (SSSR count). The van der Waals surface area contributed by atoms with Gasteiger partial charge in [0.25, 0.3) is 0 Å². The second-order valence-electron chi connectivity index (χ2n) is 4.44. The zero-order valence-electron chi connectivity index (χ0n) is 10.4. The van der Waals surface area contributed by atoms with Crippen molar-refractivity contribution in [2.45, 2.75) is 13.3 Å². The Morgan fingerprint density at radius 2 is 2.00 bits per heavy atom. The molecule has 0 unspecified atom stereocenters. The minimum absolute atomic E-state index is 0.0162. The van der Waals surface area contributed by atoms with Gasteiger partial charge in [0, 0.05) is 17.7 Å². The van der Waals surface area contributed by atoms with Crippen molar-refractivity contribution in [2.24, 2.45) is 0 Å². The summed E-state index contributed by atoms with van der Waals surface area (Å²) in [5.41, 5.74) is 8.36. The maximum atomic E-state index is 13.0. The van der Waals surface area contributed by atoms with Gasteiger partial charge in [0.2, 0.25) is 0 Å². The second kappa shape index (κ2) is 5.41. The van der Waals surface area contributed by atoms with Crippen molar-refractivity contribution >= 4 is 23.1 Å². The molecule has 0 atom stereocenters. The Labute approximate surface area is 116 Å². The fourth-order valence-electron chi connectivity index (χ4n) is 1.84. The molecule has 2 N–H and O–H groups in total. The van der Waals surface area contributed by atoms with Crippen LogP contribution in [0.4, 0.5) is 10.1 Å². The summed E-state index contributed by atoms with van der Waals surface area (Å²) < 4.78 is 13.0. The van der Waals surface area contributed by atoms with Gasteiger partial charge in [0.15, 0.2) is 5.78 Å². The summed E-state index contributed by atoms with van der Waals surface area (Å²) in [6, 6.07) is 9.57. The first-order valence-electron chi connectivity index (χ1n) is 5.80. The van der Waals surface area contributed by atoms with Crippen LogP contribution in [0.15, 0.2) is 36.4 Å². The van der Waals surface area contributed by atoms with Crippen molar-refractivity contribution in [1.29, 1.82) is 0 Å². The molecule has 19 heavy (non-hydrogen) atoms. The van der Waals surface area contributed by atoms with E-state index in [0.29, 0.717) is 16.8 Å². The van der Waals surface area contributed by atoms with Crippen molar-refractivity contribution < 1.29 is 9.18 Å². The molecule has 0 saturated carbocycles. The van der Waals surface area contributed by atoms with Crippen molar-refractivity contribution in [3.8, 4) is 0 Å². The Kier molecular flexibility index (Phi) is 3.86. The number of carbonyl (C=O) groups is 1. The number of Topliss-reactive ketones (excluding diaryl/α,β-unsaturated/α-hetero) is 1. The maximum Gasteiger partial charge on any atom is 0.169 e. The van der Waals surface area contributed by atoms with Crippen molar-refractivity contribution in [3.63, 3.8) is 0 Å². The molecular formula is C15H13ClFNO. The lowest BCUT2D eigenvalue weighted by Gasteiger charge is -2.07. The molecule has 0 aliphatic rings. The first-order valence-corrected chi connectivity index (χ1v) is 6.18. The fraction of sp³-hybridized carbons (Fsp3) is 0.133. The summed E-state index contributed by atoms with van der Waals surface area (Å²) in [4.78, 5) is 12.2. The predicted octanol–water partition coefficient (Wildman–Crippen LogP) is 3.80. The van der Waals surface area contributed by atoms with Crippen LogP contribution in [0.5, 0.6) is 0 Å². The lowest BCUT2D eigenvalue weighted by atomic mass is 10.00. The summed E-state index contributed by atoms with van der Waals surface area (Å²) in [5, 5.41) is 0.0162. The lowest BCUT2D eigenvalue weighted by molar-refractivity contribution is 0.0993. The van der Waals surface area contributed by atoms with E-state index in [1.807, 2.05) is 13.0 Å². The SMILES string of the molecule is Cc1ccc(N)c(C(=O)Cc2ccc(F)c(Cl)c2)c1. The van der Waals surface area contributed by atoms with Gasteiger partial charge < -0.3 is 5.73 Å². The van der Waals surface area contributed by atoms with E-state index in [1.54, 1.807) is 18.2 Å². The number of halogens is 2. The summed E-state index contributed by atoms with van der Waals surface area (Å²) in [7, 11) is 0. The number of nitrogens with two attached hydrogens (primary N) is 1. The van der Waals surface area contributed by atoms with E-state index < -0.39 is 5.82 Å². The highest BCUT2D eigenvalue weighted by Gasteiger charge is 2.12. The van der Waals surface area contributed by atoms with E-state index in [1.165, 1.54) is 12.1 Å². The van der Waals surface area contributed by atoms with Crippen LogP contribution >= 0.6 is 11.6 Å². The molecule has 2 nitrogen and oxygen atoms in total. The monoisotopic (exact) mass is 277 g/mol. The molecule has 2 aromatic carbocycles. The van der Waals surface area contributed by atoms with Gasteiger partial charge in [0.1, 0.15) is 5.82 Å². The molecule has 0 saturated heterocycles. The first kappa shape index (κ1) is 13.6. The minimum Gasteiger partial charge on any atom is -0.398 e. The van der Waals surface area contributed by atoms with Crippen LogP contribution < -0.4 is 5.73 Å². The average molecular weight is 278 g/mol. The number of nitrogen functional groups attached to an aromatic ring is 1. The van der Waals surface area contributed by atoms with Crippen LogP contribution in [0.2, 0.25) is 5.02 Å². The third kappa shape index (κ3) is 3.12. The topological polar surface area (TPSA) is 43.1 Å². The summed E-state index contributed by atoms with van der Waals surface area (Å²) in [6.07, 6.45) is 0.146. The molecule has 0 bridgehead atoms. The molecule has 0 aliphatic carbocycles. The molecule has 2 aromatic rings. The third-order valence-electron chi connectivity index (χ3n) is 2.86. The highest BCUT2D eigenvalue weighted by Crippen LogP contribution is 2.20. The maximum absolute atomic E-state index is 13.0. The van der Waals surface area contributed by atoms with Crippen LogP contribution in [0.1, 0.15) is 21.5 Å². The smallest absolute Gasteiger partial charge is 0.169 e. The zero-order chi connectivity index (χ0) is 14.0. The van der Waals surface area contributed by atoms with E-state index in [2.05, 4.69) is 0 Å². The van der Waals surface area contributed by atoms with E-state index in [0.717, 1.165) is 5.56 Å². The Morgan fingerprint density at radius 1 is 1.26 bits per heavy atom. The molecular weight excluding hydrogens is 265 g/mol. The largest absolute Gasteiger partial charge is 0.398 e. The van der Waals surface area contributed by atoms with Crippen molar-refractivity contribution in [2.75, 3.05) is 5.73 Å². The summed E-state index contributed by atoms with van der Waals surface area (Å²) in [5.74, 6) is -0.600.